The number of fused-ring (bicyclic) bond motifs is 3. The van der Waals surface area contributed by atoms with Crippen molar-refractivity contribution in [2.45, 2.75) is 24.2 Å². The Morgan fingerprint density at radius 2 is 1.85 bits per heavy atom. The minimum Gasteiger partial charge on any atom is -0.326 e. The first-order valence-electron chi connectivity index (χ1n) is 9.48. The minimum atomic E-state index is 0.154. The largest absolute Gasteiger partial charge is 0.326 e. The Bertz CT molecular complexity index is 766. The lowest BCUT2D eigenvalue weighted by atomic mass is 9.77. The Morgan fingerprint density at radius 3 is 2.50 bits per heavy atom. The van der Waals surface area contributed by atoms with Crippen LogP contribution in [-0.2, 0) is 4.79 Å². The molecule has 4 heteroatoms. The van der Waals surface area contributed by atoms with Gasteiger partial charge in [-0.3, -0.25) is 4.79 Å². The van der Waals surface area contributed by atoms with Crippen molar-refractivity contribution in [3.63, 3.8) is 0 Å². The average molecular weight is 367 g/mol. The van der Waals surface area contributed by atoms with Crippen LogP contribution in [-0.4, -0.2) is 36.7 Å². The quantitative estimate of drug-likeness (QED) is 0.775. The molecule has 1 atom stereocenters. The second kappa shape index (κ2) is 7.85. The maximum atomic E-state index is 12.5. The molecule has 3 saturated heterocycles. The molecule has 0 saturated carbocycles. The second-order valence-electron chi connectivity index (χ2n) is 7.43. The number of hydrogen-bond acceptors (Lipinski definition) is 3. The number of anilines is 1. The fourth-order valence-corrected chi connectivity index (χ4v) is 5.01. The molecular formula is C22H26N2OS. The maximum absolute atomic E-state index is 12.5. The number of nitrogens with one attached hydrogen (secondary N) is 1. The van der Waals surface area contributed by atoms with E-state index in [1.807, 2.05) is 12.1 Å². The van der Waals surface area contributed by atoms with E-state index in [0.717, 1.165) is 18.2 Å². The average Bonchev–Trinajstić information content (AvgIpc) is 2.69. The van der Waals surface area contributed by atoms with Crippen LogP contribution in [0, 0.1) is 11.8 Å². The van der Waals surface area contributed by atoms with Crippen molar-refractivity contribution in [3.05, 3.63) is 48.5 Å². The predicted molar refractivity (Wildman–Crippen MR) is 110 cm³/mol. The lowest BCUT2D eigenvalue weighted by Crippen LogP contribution is -2.48. The normalized spacial score (nSPS) is 24.4. The van der Waals surface area contributed by atoms with Crippen molar-refractivity contribution >= 4 is 23.4 Å². The number of carbonyl (C=O) groups is 1. The Labute approximate surface area is 160 Å². The van der Waals surface area contributed by atoms with E-state index in [1.54, 1.807) is 11.8 Å². The van der Waals surface area contributed by atoms with Gasteiger partial charge in [0, 0.05) is 23.5 Å². The smallest absolute Gasteiger partial charge is 0.224 e. The van der Waals surface area contributed by atoms with E-state index in [4.69, 9.17) is 0 Å². The van der Waals surface area contributed by atoms with Gasteiger partial charge in [0.1, 0.15) is 0 Å². The van der Waals surface area contributed by atoms with Crippen LogP contribution in [0.4, 0.5) is 5.69 Å². The zero-order valence-electron chi connectivity index (χ0n) is 15.3. The number of rotatable bonds is 5. The van der Waals surface area contributed by atoms with Gasteiger partial charge < -0.3 is 10.2 Å². The van der Waals surface area contributed by atoms with Gasteiger partial charge in [0.05, 0.1) is 0 Å². The Hall–Kier alpha value is -1.78. The molecule has 3 heterocycles. The van der Waals surface area contributed by atoms with Gasteiger partial charge in [0.2, 0.25) is 5.91 Å². The minimum absolute atomic E-state index is 0.154. The van der Waals surface area contributed by atoms with Crippen molar-refractivity contribution < 1.29 is 4.79 Å². The van der Waals surface area contributed by atoms with Gasteiger partial charge in [-0.1, -0.05) is 30.3 Å². The topological polar surface area (TPSA) is 32.3 Å². The Balaban J connectivity index is 1.39. The van der Waals surface area contributed by atoms with Gasteiger partial charge in [0.25, 0.3) is 0 Å². The Kier molecular flexibility index (Phi) is 5.32. The number of amides is 1. The summed E-state index contributed by atoms with van der Waals surface area (Å²) in [4.78, 5) is 16.3. The molecule has 3 nitrogen and oxygen atoms in total. The van der Waals surface area contributed by atoms with Gasteiger partial charge in [0.15, 0.2) is 0 Å². The van der Waals surface area contributed by atoms with Crippen molar-refractivity contribution in [1.29, 1.82) is 0 Å². The van der Waals surface area contributed by atoms with E-state index in [-0.39, 0.29) is 5.91 Å². The van der Waals surface area contributed by atoms with Crippen LogP contribution in [0.1, 0.15) is 19.3 Å². The molecule has 0 aliphatic carbocycles. The summed E-state index contributed by atoms with van der Waals surface area (Å²) in [6.07, 6.45) is 5.28. The van der Waals surface area contributed by atoms with Crippen LogP contribution in [0.3, 0.4) is 0 Å². The zero-order valence-corrected chi connectivity index (χ0v) is 16.1. The molecule has 1 unspecified atom stereocenters. The second-order valence-corrected chi connectivity index (χ2v) is 8.28. The molecule has 0 aromatic heterocycles. The first kappa shape index (κ1) is 17.6. The molecular weight excluding hydrogens is 340 g/mol. The van der Waals surface area contributed by atoms with E-state index in [0.29, 0.717) is 12.3 Å². The fraction of sp³-hybridized carbons (Fsp3) is 0.409. The number of hydrogen-bond donors (Lipinski definition) is 1. The first-order valence-corrected chi connectivity index (χ1v) is 10.7. The van der Waals surface area contributed by atoms with E-state index in [2.05, 4.69) is 52.9 Å². The standard InChI is InChI=1S/C22H26N2OS/c1-26-21-5-3-2-4-20(21)17-6-8-19(9-7-17)23-22(25)14-18-15-24-12-10-16(18)11-13-24/h2-9,16,18H,10-15H2,1H3,(H,23,25). The highest BCUT2D eigenvalue weighted by atomic mass is 32.2. The van der Waals surface area contributed by atoms with Crippen LogP contribution in [0.5, 0.6) is 0 Å². The SMILES string of the molecule is CSc1ccccc1-c1ccc(NC(=O)CC2CN3CCC2CC3)cc1. The highest BCUT2D eigenvalue weighted by Crippen LogP contribution is 2.34. The molecule has 3 aliphatic heterocycles. The summed E-state index contributed by atoms with van der Waals surface area (Å²) in [6.45, 7) is 3.55. The molecule has 0 radical (unpaired) electrons. The van der Waals surface area contributed by atoms with Crippen LogP contribution in [0.15, 0.2) is 53.4 Å². The summed E-state index contributed by atoms with van der Waals surface area (Å²) in [5, 5.41) is 3.09. The van der Waals surface area contributed by atoms with Crippen LogP contribution in [0.2, 0.25) is 0 Å². The van der Waals surface area contributed by atoms with Crippen LogP contribution >= 0.6 is 11.8 Å². The van der Waals surface area contributed by atoms with Crippen molar-refractivity contribution in [3.8, 4) is 11.1 Å². The van der Waals surface area contributed by atoms with E-state index < -0.39 is 0 Å². The van der Waals surface area contributed by atoms with Crippen molar-refractivity contribution in [2.24, 2.45) is 11.8 Å². The molecule has 0 spiro atoms. The number of thioether (sulfide) groups is 1. The number of piperidine rings is 3. The molecule has 2 bridgehead atoms. The molecule has 3 aliphatic rings. The van der Waals surface area contributed by atoms with E-state index in [1.165, 1.54) is 42.0 Å². The van der Waals surface area contributed by atoms with Crippen LogP contribution in [0.25, 0.3) is 11.1 Å². The molecule has 1 amide bonds. The molecule has 5 rings (SSSR count). The zero-order chi connectivity index (χ0) is 17.9. The predicted octanol–water partition coefficient (Wildman–Crippen LogP) is 4.75. The van der Waals surface area contributed by atoms with Gasteiger partial charge in [-0.25, -0.2) is 0 Å². The number of carbonyl (C=O) groups excluding carboxylic acids is 1. The highest BCUT2D eigenvalue weighted by molar-refractivity contribution is 7.98. The monoisotopic (exact) mass is 366 g/mol. The van der Waals surface area contributed by atoms with Crippen molar-refractivity contribution in [2.75, 3.05) is 31.2 Å². The maximum Gasteiger partial charge on any atom is 0.224 e. The molecule has 2 aromatic carbocycles. The number of benzene rings is 2. The molecule has 26 heavy (non-hydrogen) atoms. The summed E-state index contributed by atoms with van der Waals surface area (Å²) in [7, 11) is 0. The van der Waals surface area contributed by atoms with E-state index in [9.17, 15) is 4.79 Å². The van der Waals surface area contributed by atoms with Gasteiger partial charge in [-0.05, 0) is 73.3 Å². The van der Waals surface area contributed by atoms with E-state index >= 15 is 0 Å². The van der Waals surface area contributed by atoms with Crippen LogP contribution < -0.4 is 5.32 Å². The Morgan fingerprint density at radius 1 is 1.12 bits per heavy atom. The lowest BCUT2D eigenvalue weighted by Gasteiger charge is -2.44. The first-order chi connectivity index (χ1) is 12.7. The summed E-state index contributed by atoms with van der Waals surface area (Å²) >= 11 is 1.76. The summed E-state index contributed by atoms with van der Waals surface area (Å²) in [5.74, 6) is 1.43. The number of nitrogens with zero attached hydrogens (tertiary/aromatic N) is 1. The third kappa shape index (κ3) is 3.81. The third-order valence-electron chi connectivity index (χ3n) is 5.83. The highest BCUT2D eigenvalue weighted by Gasteiger charge is 2.34. The summed E-state index contributed by atoms with van der Waals surface area (Å²) in [5.41, 5.74) is 3.32. The van der Waals surface area contributed by atoms with Gasteiger partial charge in [-0.2, -0.15) is 0 Å². The lowest BCUT2D eigenvalue weighted by molar-refractivity contribution is -0.118. The fourth-order valence-electron chi connectivity index (χ4n) is 4.39. The molecule has 136 valence electrons. The third-order valence-corrected chi connectivity index (χ3v) is 6.62. The summed E-state index contributed by atoms with van der Waals surface area (Å²) < 4.78 is 0. The van der Waals surface area contributed by atoms with Gasteiger partial charge in [-0.15, -0.1) is 11.8 Å². The molecule has 3 fully saturated rings. The summed E-state index contributed by atoms with van der Waals surface area (Å²) in [6, 6.07) is 16.6. The van der Waals surface area contributed by atoms with Gasteiger partial charge >= 0.3 is 0 Å². The molecule has 1 N–H and O–H groups in total. The molecule has 2 aromatic rings. The van der Waals surface area contributed by atoms with Crippen molar-refractivity contribution in [1.82, 2.24) is 4.90 Å².